The Morgan fingerprint density at radius 1 is 0.900 bits per heavy atom. The summed E-state index contributed by atoms with van der Waals surface area (Å²) in [5.41, 5.74) is 3.61. The van der Waals surface area contributed by atoms with Crippen LogP contribution in [0.4, 0.5) is 5.69 Å². The Morgan fingerprint density at radius 3 is 2.10 bits per heavy atom. The lowest BCUT2D eigenvalue weighted by molar-refractivity contribution is -0.140. The summed E-state index contributed by atoms with van der Waals surface area (Å²) < 4.78 is 27.2. The Labute approximate surface area is 243 Å². The van der Waals surface area contributed by atoms with E-state index in [1.54, 1.807) is 24.3 Å². The summed E-state index contributed by atoms with van der Waals surface area (Å²) in [5, 5.41) is 3.54. The molecular formula is C31H38ClN3O4S. The van der Waals surface area contributed by atoms with E-state index in [-0.39, 0.29) is 18.9 Å². The number of hydrogen-bond donors (Lipinski definition) is 1. The zero-order valence-electron chi connectivity index (χ0n) is 23.6. The van der Waals surface area contributed by atoms with Crippen molar-refractivity contribution < 1.29 is 18.0 Å². The summed E-state index contributed by atoms with van der Waals surface area (Å²) in [7, 11) is -3.82. The van der Waals surface area contributed by atoms with Gasteiger partial charge in [-0.25, -0.2) is 8.42 Å². The lowest BCUT2D eigenvalue weighted by Gasteiger charge is -2.34. The maximum atomic E-state index is 14.1. The lowest BCUT2D eigenvalue weighted by atomic mass is 10.0. The van der Waals surface area contributed by atoms with Gasteiger partial charge < -0.3 is 10.2 Å². The summed E-state index contributed by atoms with van der Waals surface area (Å²) in [6.07, 6.45) is 3.09. The second-order valence-electron chi connectivity index (χ2n) is 10.0. The Balaban J connectivity index is 2.06. The molecule has 3 aromatic carbocycles. The number of benzene rings is 3. The number of amides is 2. The molecule has 0 fully saturated rings. The van der Waals surface area contributed by atoms with Gasteiger partial charge in [0.05, 0.1) is 11.9 Å². The molecule has 7 nitrogen and oxygen atoms in total. The van der Waals surface area contributed by atoms with Crippen molar-refractivity contribution in [3.05, 3.63) is 100 Å². The molecule has 1 N–H and O–H groups in total. The first kappa shape index (κ1) is 31.2. The summed E-state index contributed by atoms with van der Waals surface area (Å²) in [6.45, 7) is 5.83. The number of anilines is 1. The van der Waals surface area contributed by atoms with Crippen LogP contribution in [0.2, 0.25) is 5.02 Å². The third-order valence-corrected chi connectivity index (χ3v) is 8.10. The molecule has 0 saturated heterocycles. The van der Waals surface area contributed by atoms with Crippen molar-refractivity contribution in [3.8, 4) is 0 Å². The molecule has 3 aromatic rings. The lowest BCUT2D eigenvalue weighted by Crippen LogP contribution is -2.53. The summed E-state index contributed by atoms with van der Waals surface area (Å²) >= 11 is 6.10. The Morgan fingerprint density at radius 2 is 1.52 bits per heavy atom. The summed E-state index contributed by atoms with van der Waals surface area (Å²) in [4.78, 5) is 29.3. The molecule has 0 aliphatic rings. The number of aryl methyl sites for hydroxylation is 2. The fraction of sp³-hybridized carbons (Fsp3) is 0.355. The molecule has 0 aliphatic heterocycles. The third kappa shape index (κ3) is 8.57. The molecule has 0 unspecified atom stereocenters. The van der Waals surface area contributed by atoms with Crippen molar-refractivity contribution in [1.29, 1.82) is 0 Å². The van der Waals surface area contributed by atoms with Crippen molar-refractivity contribution in [1.82, 2.24) is 10.2 Å². The van der Waals surface area contributed by atoms with Crippen LogP contribution in [-0.4, -0.2) is 50.5 Å². The fourth-order valence-electron chi connectivity index (χ4n) is 4.62. The number of hydrogen-bond acceptors (Lipinski definition) is 4. The largest absolute Gasteiger partial charge is 0.354 e. The van der Waals surface area contributed by atoms with Crippen LogP contribution >= 0.6 is 11.6 Å². The normalized spacial score (nSPS) is 12.0. The molecule has 0 heterocycles. The minimum absolute atomic E-state index is 0.110. The molecular weight excluding hydrogens is 546 g/mol. The van der Waals surface area contributed by atoms with Gasteiger partial charge in [-0.1, -0.05) is 85.6 Å². The monoisotopic (exact) mass is 583 g/mol. The predicted octanol–water partition coefficient (Wildman–Crippen LogP) is 5.28. The van der Waals surface area contributed by atoms with Gasteiger partial charge in [-0.2, -0.15) is 0 Å². The van der Waals surface area contributed by atoms with Crippen molar-refractivity contribution in [2.75, 3.05) is 23.7 Å². The zero-order chi connectivity index (χ0) is 29.3. The highest BCUT2D eigenvalue weighted by Crippen LogP contribution is 2.27. The van der Waals surface area contributed by atoms with E-state index < -0.39 is 28.5 Å². The SMILES string of the molecule is CCCCNC(=O)[C@H](Cc1ccccc1)N(Cc1ccc(Cl)cc1)C(=O)CN(c1c(C)cccc1C)S(C)(=O)=O. The van der Waals surface area contributed by atoms with Crippen LogP contribution < -0.4 is 9.62 Å². The van der Waals surface area contributed by atoms with Crippen LogP contribution in [-0.2, 0) is 32.6 Å². The van der Waals surface area contributed by atoms with E-state index in [4.69, 9.17) is 11.6 Å². The van der Waals surface area contributed by atoms with Crippen LogP contribution in [0.25, 0.3) is 0 Å². The topological polar surface area (TPSA) is 86.8 Å². The van der Waals surface area contributed by atoms with Gasteiger partial charge >= 0.3 is 0 Å². The molecule has 40 heavy (non-hydrogen) atoms. The minimum atomic E-state index is -3.82. The molecule has 0 aromatic heterocycles. The molecule has 0 radical (unpaired) electrons. The average Bonchev–Trinajstić information content (AvgIpc) is 2.91. The summed E-state index contributed by atoms with van der Waals surface area (Å²) in [5.74, 6) is -0.757. The molecule has 2 amide bonds. The molecule has 3 rings (SSSR count). The Bertz CT molecular complexity index is 1380. The van der Waals surface area contributed by atoms with E-state index in [1.807, 2.05) is 69.3 Å². The van der Waals surface area contributed by atoms with Gasteiger partial charge in [0.15, 0.2) is 0 Å². The number of carbonyl (C=O) groups is 2. The first-order valence-corrected chi connectivity index (χ1v) is 15.6. The number of halogens is 1. The van der Waals surface area contributed by atoms with E-state index in [0.29, 0.717) is 17.3 Å². The first-order valence-electron chi connectivity index (χ1n) is 13.4. The second-order valence-corrected chi connectivity index (χ2v) is 12.4. The maximum absolute atomic E-state index is 14.1. The predicted molar refractivity (Wildman–Crippen MR) is 162 cm³/mol. The molecule has 214 valence electrons. The van der Waals surface area contributed by atoms with Crippen LogP contribution in [0.3, 0.4) is 0 Å². The quantitative estimate of drug-likeness (QED) is 0.277. The molecule has 0 bridgehead atoms. The van der Waals surface area contributed by atoms with Gasteiger partial charge in [0.25, 0.3) is 0 Å². The highest BCUT2D eigenvalue weighted by atomic mass is 35.5. The van der Waals surface area contributed by atoms with Crippen molar-refractivity contribution in [2.24, 2.45) is 0 Å². The van der Waals surface area contributed by atoms with Crippen molar-refractivity contribution in [2.45, 2.75) is 52.6 Å². The van der Waals surface area contributed by atoms with Crippen molar-refractivity contribution in [3.63, 3.8) is 0 Å². The molecule has 0 spiro atoms. The molecule has 0 saturated carbocycles. The highest BCUT2D eigenvalue weighted by molar-refractivity contribution is 7.92. The maximum Gasteiger partial charge on any atom is 0.244 e. The van der Waals surface area contributed by atoms with Gasteiger partial charge in [-0.05, 0) is 54.7 Å². The van der Waals surface area contributed by atoms with Crippen LogP contribution in [0.15, 0.2) is 72.8 Å². The van der Waals surface area contributed by atoms with E-state index in [0.717, 1.165) is 45.7 Å². The van der Waals surface area contributed by atoms with Crippen LogP contribution in [0.5, 0.6) is 0 Å². The fourth-order valence-corrected chi connectivity index (χ4v) is 5.71. The molecule has 0 aliphatic carbocycles. The number of para-hydroxylation sites is 1. The van der Waals surface area contributed by atoms with Crippen molar-refractivity contribution >= 4 is 39.1 Å². The number of rotatable bonds is 13. The smallest absolute Gasteiger partial charge is 0.244 e. The Kier molecular flexibility index (Phi) is 11.2. The number of unbranched alkanes of at least 4 members (excludes halogenated alkanes) is 1. The summed E-state index contributed by atoms with van der Waals surface area (Å²) in [6, 6.07) is 21.2. The van der Waals surface area contributed by atoms with Gasteiger partial charge in [0.1, 0.15) is 12.6 Å². The number of nitrogens with zero attached hydrogens (tertiary/aromatic N) is 2. The molecule has 1 atom stereocenters. The van der Waals surface area contributed by atoms with Gasteiger partial charge in [0.2, 0.25) is 21.8 Å². The van der Waals surface area contributed by atoms with Crippen LogP contribution in [0, 0.1) is 13.8 Å². The number of carbonyl (C=O) groups excluding carboxylic acids is 2. The van der Waals surface area contributed by atoms with Gasteiger partial charge in [-0.15, -0.1) is 0 Å². The van der Waals surface area contributed by atoms with Gasteiger partial charge in [-0.3, -0.25) is 13.9 Å². The highest BCUT2D eigenvalue weighted by Gasteiger charge is 2.33. The Hall–Kier alpha value is -3.36. The van der Waals surface area contributed by atoms with Gasteiger partial charge in [0, 0.05) is 24.5 Å². The third-order valence-electron chi connectivity index (χ3n) is 6.73. The number of nitrogens with one attached hydrogen (secondary N) is 1. The van der Waals surface area contributed by atoms with Crippen LogP contribution in [0.1, 0.15) is 42.0 Å². The number of sulfonamides is 1. The van der Waals surface area contributed by atoms with E-state index >= 15 is 0 Å². The zero-order valence-corrected chi connectivity index (χ0v) is 25.1. The van der Waals surface area contributed by atoms with E-state index in [1.165, 1.54) is 4.90 Å². The van der Waals surface area contributed by atoms with E-state index in [9.17, 15) is 18.0 Å². The minimum Gasteiger partial charge on any atom is -0.354 e. The second kappa shape index (κ2) is 14.3. The molecule has 9 heteroatoms. The standard InChI is InChI=1S/C31H38ClN3O4S/c1-5-6-19-33-31(37)28(20-25-13-8-7-9-14-25)34(21-26-15-17-27(32)18-16-26)29(36)22-35(40(4,38)39)30-23(2)11-10-12-24(30)3/h7-18,28H,5-6,19-22H2,1-4H3,(H,33,37)/t28-/m0/s1. The van der Waals surface area contributed by atoms with E-state index in [2.05, 4.69) is 5.32 Å². The average molecular weight is 584 g/mol. The first-order chi connectivity index (χ1) is 19.0.